The summed E-state index contributed by atoms with van der Waals surface area (Å²) in [5, 5.41) is 2.03. The van der Waals surface area contributed by atoms with Gasteiger partial charge in [-0.2, -0.15) is 52.7 Å². The van der Waals surface area contributed by atoms with E-state index in [4.69, 9.17) is 4.74 Å². The van der Waals surface area contributed by atoms with Gasteiger partial charge in [-0.1, -0.05) is 45.0 Å². The Balaban J connectivity index is 2.96. The maximum Gasteiger partial charge on any atom is 0.436 e. The van der Waals surface area contributed by atoms with Gasteiger partial charge in [0.25, 0.3) is 5.91 Å². The van der Waals surface area contributed by atoms with Crippen molar-refractivity contribution >= 4 is 17.4 Å². The van der Waals surface area contributed by atoms with Crippen LogP contribution >= 0.6 is 0 Å². The van der Waals surface area contributed by atoms with Gasteiger partial charge in [-0.3, -0.25) is 9.59 Å². The minimum atomic E-state index is -7.16. The van der Waals surface area contributed by atoms with Crippen molar-refractivity contribution in [3.8, 4) is 5.75 Å². The predicted octanol–water partition coefficient (Wildman–Crippen LogP) is 8.27. The van der Waals surface area contributed by atoms with E-state index in [9.17, 15) is 66.7 Å². The first-order valence-electron chi connectivity index (χ1n) is 11.5. The summed E-state index contributed by atoms with van der Waals surface area (Å²) in [4.78, 5) is 25.9. The number of carbonyl (C=O) groups is 2. The fourth-order valence-electron chi connectivity index (χ4n) is 3.55. The Hall–Kier alpha value is -3.60. The highest BCUT2D eigenvalue weighted by atomic mass is 19.4. The Kier molecular flexibility index (Phi) is 9.23. The van der Waals surface area contributed by atoms with Crippen LogP contribution in [0.25, 0.3) is 0 Å². The molecule has 0 aliphatic carbocycles. The molecule has 0 saturated heterocycles. The van der Waals surface area contributed by atoms with Gasteiger partial charge in [-0.25, -0.2) is 8.78 Å². The molecule has 0 bridgehead atoms. The Morgan fingerprint density at radius 3 is 1.49 bits per heavy atom. The van der Waals surface area contributed by atoms with Crippen molar-refractivity contribution < 1.29 is 75.8 Å². The Bertz CT molecular complexity index is 1290. The first kappa shape index (κ1) is 35.6. The molecule has 2 aromatic carbocycles. The number of hydrogen-bond donors (Lipinski definition) is 1. The lowest BCUT2D eigenvalue weighted by Gasteiger charge is -2.35. The van der Waals surface area contributed by atoms with E-state index < -0.39 is 94.3 Å². The van der Waals surface area contributed by atoms with Crippen molar-refractivity contribution in [3.63, 3.8) is 0 Å². The zero-order chi connectivity index (χ0) is 33.6. The van der Waals surface area contributed by atoms with Crippen molar-refractivity contribution in [2.75, 3.05) is 5.32 Å². The van der Waals surface area contributed by atoms with Crippen molar-refractivity contribution in [1.29, 1.82) is 0 Å². The van der Waals surface area contributed by atoms with Gasteiger partial charge in [-0.05, 0) is 24.3 Å². The number of alkyl halides is 14. The van der Waals surface area contributed by atoms with E-state index in [0.29, 0.717) is 0 Å². The van der Waals surface area contributed by atoms with Crippen LogP contribution in [-0.4, -0.2) is 42.5 Å². The largest absolute Gasteiger partial charge is 0.472 e. The summed E-state index contributed by atoms with van der Waals surface area (Å²) >= 11 is 0. The third kappa shape index (κ3) is 6.66. The maximum atomic E-state index is 15.2. The topological polar surface area (TPSA) is 55.4 Å². The molecule has 1 atom stereocenters. The molecule has 0 aliphatic rings. The van der Waals surface area contributed by atoms with Gasteiger partial charge in [0, 0.05) is 16.7 Å². The monoisotopic (exact) mass is 647 g/mol. The number of benzene rings is 2. The fourth-order valence-corrected chi connectivity index (χ4v) is 3.55. The van der Waals surface area contributed by atoms with Crippen LogP contribution in [0.15, 0.2) is 48.5 Å². The minimum Gasteiger partial charge on any atom is -0.472 e. The number of para-hydroxylation sites is 1. The average molecular weight is 647 g/mol. The Morgan fingerprint density at radius 2 is 1.09 bits per heavy atom. The molecule has 0 unspecified atom stereocenters. The second kappa shape index (κ2) is 11.2. The van der Waals surface area contributed by atoms with Gasteiger partial charge in [0.15, 0.2) is 5.78 Å². The van der Waals surface area contributed by atoms with Gasteiger partial charge in [-0.15, -0.1) is 0 Å². The molecule has 0 aromatic heterocycles. The fraction of sp³-hybridized carbons (Fsp3) is 0.440. The molecule has 18 heteroatoms. The summed E-state index contributed by atoms with van der Waals surface area (Å²) in [6.45, 7) is 3.29. The summed E-state index contributed by atoms with van der Waals surface area (Å²) < 4.78 is 196. The van der Waals surface area contributed by atoms with Crippen molar-refractivity contribution in [3.05, 3.63) is 59.7 Å². The molecule has 0 saturated carbocycles. The van der Waals surface area contributed by atoms with Crippen LogP contribution in [0.3, 0.4) is 0 Å². The van der Waals surface area contributed by atoms with Gasteiger partial charge < -0.3 is 10.1 Å². The van der Waals surface area contributed by atoms with Crippen molar-refractivity contribution in [2.45, 2.75) is 62.9 Å². The molecule has 1 N–H and O–H groups in total. The summed E-state index contributed by atoms with van der Waals surface area (Å²) in [6.07, 6.45) is -31.1. The zero-order valence-electron chi connectivity index (χ0n) is 21.7. The molecule has 0 fully saturated rings. The quantitative estimate of drug-likeness (QED) is 0.243. The highest BCUT2D eigenvalue weighted by Crippen LogP contribution is 2.58. The van der Waals surface area contributed by atoms with Gasteiger partial charge in [0.2, 0.25) is 6.10 Å². The van der Waals surface area contributed by atoms with Crippen LogP contribution in [0, 0.1) is 5.41 Å². The molecular weight excluding hydrogens is 628 g/mol. The molecule has 0 radical (unpaired) electrons. The Morgan fingerprint density at radius 1 is 0.651 bits per heavy atom. The molecule has 4 nitrogen and oxygen atoms in total. The van der Waals surface area contributed by atoms with Crippen molar-refractivity contribution in [2.24, 2.45) is 5.41 Å². The molecular formula is C25H19F14NO3. The molecule has 1 amide bonds. The van der Waals surface area contributed by atoms with Gasteiger partial charge >= 0.3 is 36.0 Å². The minimum absolute atomic E-state index is 0.110. The summed E-state index contributed by atoms with van der Waals surface area (Å²) in [5.41, 5.74) is -21.3. The number of ether oxygens (including phenoxy) is 1. The maximum absolute atomic E-state index is 15.2. The molecule has 2 aromatic rings. The zero-order valence-corrected chi connectivity index (χ0v) is 21.7. The smallest absolute Gasteiger partial charge is 0.436 e. The standard InChI is InChI=1S/C25H19F14NO3/c1-19(2,3)17(41)16(18(42)40-13-7-5-4-6-8-13)43-15-10-9-12(20(26,22(28,29)30)23(31,32)33)11-14(15)21(27,24(34,35)36)25(37,38)39/h4-11,16H,1-3H3,(H,40,42)/t16-/m0/s1. The van der Waals surface area contributed by atoms with Crippen LogP contribution in [0.2, 0.25) is 0 Å². The molecule has 0 aliphatic heterocycles. The lowest BCUT2D eigenvalue weighted by atomic mass is 9.85. The molecule has 0 spiro atoms. The molecule has 2 rings (SSSR count). The molecule has 240 valence electrons. The second-order valence-corrected chi connectivity index (χ2v) is 9.99. The van der Waals surface area contributed by atoms with E-state index >= 15 is 4.39 Å². The van der Waals surface area contributed by atoms with Gasteiger partial charge in [0.1, 0.15) is 5.75 Å². The number of halogens is 14. The predicted molar refractivity (Wildman–Crippen MR) is 120 cm³/mol. The van der Waals surface area contributed by atoms with Crippen LogP contribution < -0.4 is 10.1 Å². The lowest BCUT2D eigenvalue weighted by Crippen LogP contribution is -2.53. The number of Topliss-reactive ketones (excluding diaryl/α,β-unsaturated/α-hetero) is 1. The van der Waals surface area contributed by atoms with E-state index in [2.05, 4.69) is 0 Å². The molecule has 43 heavy (non-hydrogen) atoms. The second-order valence-electron chi connectivity index (χ2n) is 9.99. The molecule has 0 heterocycles. The first-order chi connectivity index (χ1) is 19.1. The van der Waals surface area contributed by atoms with Crippen LogP contribution in [-0.2, 0) is 20.9 Å². The third-order valence-electron chi connectivity index (χ3n) is 5.81. The number of ketones is 1. The number of hydrogen-bond acceptors (Lipinski definition) is 3. The highest BCUT2D eigenvalue weighted by Gasteiger charge is 2.76. The third-order valence-corrected chi connectivity index (χ3v) is 5.81. The van der Waals surface area contributed by atoms with E-state index in [-0.39, 0.29) is 5.69 Å². The SMILES string of the molecule is CC(C)(C)C(=O)[C@H](Oc1ccc(C(F)(C(F)(F)F)C(F)(F)F)cc1C(F)(C(F)(F)F)C(F)(F)F)C(=O)Nc1ccccc1. The van der Waals surface area contributed by atoms with Crippen molar-refractivity contribution in [1.82, 2.24) is 0 Å². The van der Waals surface area contributed by atoms with Crippen LogP contribution in [0.4, 0.5) is 67.2 Å². The normalized spacial score (nSPS) is 14.7. The Labute approximate surface area is 233 Å². The number of rotatable bonds is 7. The van der Waals surface area contributed by atoms with E-state index in [1.165, 1.54) is 30.3 Å². The summed E-state index contributed by atoms with van der Waals surface area (Å²) in [5.74, 6) is -5.11. The van der Waals surface area contributed by atoms with E-state index in [0.717, 1.165) is 20.8 Å². The number of anilines is 1. The first-order valence-corrected chi connectivity index (χ1v) is 11.5. The summed E-state index contributed by atoms with van der Waals surface area (Å²) in [6, 6.07) is 4.16. The number of nitrogens with one attached hydrogen (secondary N) is 1. The van der Waals surface area contributed by atoms with Crippen LogP contribution in [0.1, 0.15) is 31.9 Å². The van der Waals surface area contributed by atoms with E-state index in [1.807, 2.05) is 5.32 Å². The lowest BCUT2D eigenvalue weighted by molar-refractivity contribution is -0.350. The number of amides is 1. The van der Waals surface area contributed by atoms with Crippen LogP contribution in [0.5, 0.6) is 5.75 Å². The highest BCUT2D eigenvalue weighted by molar-refractivity contribution is 6.11. The van der Waals surface area contributed by atoms with Gasteiger partial charge in [0.05, 0.1) is 5.56 Å². The average Bonchev–Trinajstić information content (AvgIpc) is 2.83. The summed E-state index contributed by atoms with van der Waals surface area (Å²) in [7, 11) is 0. The van der Waals surface area contributed by atoms with E-state index in [1.54, 1.807) is 0 Å². The number of carbonyl (C=O) groups excluding carboxylic acids is 2.